The summed E-state index contributed by atoms with van der Waals surface area (Å²) < 4.78 is 12.9. The summed E-state index contributed by atoms with van der Waals surface area (Å²) >= 11 is 0. The van der Waals surface area contributed by atoms with E-state index in [1.165, 1.54) is 0 Å². The molecule has 1 amide bonds. The smallest absolute Gasteiger partial charge is 0.224 e. The molecule has 0 unspecified atom stereocenters. The van der Waals surface area contributed by atoms with Crippen LogP contribution in [0.2, 0.25) is 0 Å². The first-order valence-corrected chi connectivity index (χ1v) is 9.48. The predicted octanol–water partition coefficient (Wildman–Crippen LogP) is 4.24. The van der Waals surface area contributed by atoms with E-state index in [0.717, 1.165) is 11.3 Å². The molecule has 0 radical (unpaired) electrons. The Labute approximate surface area is 165 Å². The molecule has 0 aliphatic carbocycles. The van der Waals surface area contributed by atoms with Crippen molar-refractivity contribution in [3.8, 4) is 17.2 Å². The van der Waals surface area contributed by atoms with Crippen molar-refractivity contribution in [1.82, 2.24) is 9.78 Å². The van der Waals surface area contributed by atoms with E-state index in [1.807, 2.05) is 67.2 Å². The topological polar surface area (TPSA) is 65.4 Å². The Hall–Kier alpha value is -3.28. The van der Waals surface area contributed by atoms with E-state index in [1.54, 1.807) is 12.3 Å². The van der Waals surface area contributed by atoms with Crippen molar-refractivity contribution >= 4 is 11.6 Å². The second kappa shape index (κ2) is 9.60. The third kappa shape index (κ3) is 5.13. The normalized spacial score (nSPS) is 10.5. The highest BCUT2D eigenvalue weighted by molar-refractivity contribution is 5.92. The molecule has 0 saturated heterocycles. The summed E-state index contributed by atoms with van der Waals surface area (Å²) in [5, 5.41) is 7.30. The van der Waals surface area contributed by atoms with E-state index < -0.39 is 0 Å². The molecule has 0 bridgehead atoms. The molecule has 0 aliphatic rings. The van der Waals surface area contributed by atoms with Gasteiger partial charge in [-0.1, -0.05) is 18.2 Å². The Morgan fingerprint density at radius 2 is 1.86 bits per heavy atom. The molecule has 0 spiro atoms. The van der Waals surface area contributed by atoms with Crippen LogP contribution in [0.5, 0.6) is 11.5 Å². The maximum absolute atomic E-state index is 12.5. The van der Waals surface area contributed by atoms with E-state index in [0.29, 0.717) is 43.2 Å². The maximum atomic E-state index is 12.5. The maximum Gasteiger partial charge on any atom is 0.224 e. The van der Waals surface area contributed by atoms with Crippen LogP contribution in [0.15, 0.2) is 60.9 Å². The molecule has 0 saturated carbocycles. The average Bonchev–Trinajstić information content (AvgIpc) is 3.19. The second-order valence-electron chi connectivity index (χ2n) is 6.20. The Kier molecular flexibility index (Phi) is 6.68. The van der Waals surface area contributed by atoms with Crippen molar-refractivity contribution in [2.75, 3.05) is 18.5 Å². The Bertz CT molecular complexity index is 906. The quantitative estimate of drug-likeness (QED) is 0.604. The van der Waals surface area contributed by atoms with Crippen LogP contribution in [0.1, 0.15) is 25.8 Å². The van der Waals surface area contributed by atoms with Gasteiger partial charge in [-0.25, -0.2) is 4.68 Å². The van der Waals surface area contributed by atoms with Crippen LogP contribution in [0, 0.1) is 0 Å². The number of rotatable bonds is 9. The number of anilines is 1. The molecular weight excluding hydrogens is 354 g/mol. The zero-order chi connectivity index (χ0) is 19.8. The fraction of sp³-hybridized carbons (Fsp3) is 0.273. The summed E-state index contributed by atoms with van der Waals surface area (Å²) in [6, 6.07) is 15.3. The van der Waals surface area contributed by atoms with Crippen LogP contribution >= 0.6 is 0 Å². The first-order valence-electron chi connectivity index (χ1n) is 9.48. The van der Waals surface area contributed by atoms with Crippen LogP contribution in [0.3, 0.4) is 0 Å². The van der Waals surface area contributed by atoms with Gasteiger partial charge in [-0.2, -0.15) is 5.10 Å². The molecule has 0 fully saturated rings. The molecule has 6 heteroatoms. The van der Waals surface area contributed by atoms with Gasteiger partial charge in [-0.15, -0.1) is 0 Å². The van der Waals surface area contributed by atoms with E-state index in [4.69, 9.17) is 9.47 Å². The molecule has 0 aliphatic heterocycles. The van der Waals surface area contributed by atoms with Gasteiger partial charge in [0.1, 0.15) is 11.5 Å². The number of aryl methyl sites for hydroxylation is 1. The van der Waals surface area contributed by atoms with E-state index in [-0.39, 0.29) is 5.91 Å². The van der Waals surface area contributed by atoms with Crippen molar-refractivity contribution in [3.63, 3.8) is 0 Å². The molecule has 1 aromatic heterocycles. The Balaban J connectivity index is 1.61. The molecule has 3 aromatic rings. The van der Waals surface area contributed by atoms with Gasteiger partial charge in [-0.3, -0.25) is 4.79 Å². The summed E-state index contributed by atoms with van der Waals surface area (Å²) in [5.74, 6) is 1.25. The van der Waals surface area contributed by atoms with Crippen molar-refractivity contribution in [3.05, 3.63) is 66.5 Å². The van der Waals surface area contributed by atoms with Crippen LogP contribution in [-0.2, 0) is 11.2 Å². The first-order chi connectivity index (χ1) is 13.7. The number of carbonyl (C=O) groups excluding carboxylic acids is 1. The minimum atomic E-state index is -0.0814. The zero-order valence-electron chi connectivity index (χ0n) is 16.2. The number of carbonyl (C=O) groups is 1. The number of ether oxygens (including phenoxy) is 2. The lowest BCUT2D eigenvalue weighted by atomic mass is 10.2. The van der Waals surface area contributed by atoms with E-state index in [2.05, 4.69) is 10.4 Å². The summed E-state index contributed by atoms with van der Waals surface area (Å²) in [5.41, 5.74) is 2.62. The lowest BCUT2D eigenvalue weighted by Gasteiger charge is -2.13. The van der Waals surface area contributed by atoms with Crippen LogP contribution in [-0.4, -0.2) is 28.9 Å². The highest BCUT2D eigenvalue weighted by Crippen LogP contribution is 2.29. The number of aromatic nitrogens is 2. The molecule has 1 N–H and O–H groups in total. The minimum absolute atomic E-state index is 0.0814. The number of benzene rings is 2. The van der Waals surface area contributed by atoms with Gasteiger partial charge >= 0.3 is 0 Å². The van der Waals surface area contributed by atoms with Gasteiger partial charge in [0.2, 0.25) is 5.91 Å². The fourth-order valence-corrected chi connectivity index (χ4v) is 2.83. The van der Waals surface area contributed by atoms with Crippen LogP contribution in [0.4, 0.5) is 5.69 Å². The molecule has 2 aromatic carbocycles. The number of hydrogen-bond donors (Lipinski definition) is 1. The third-order valence-electron chi connectivity index (χ3n) is 4.13. The molecule has 1 heterocycles. The van der Waals surface area contributed by atoms with Crippen molar-refractivity contribution < 1.29 is 14.3 Å². The van der Waals surface area contributed by atoms with E-state index in [9.17, 15) is 4.79 Å². The first kappa shape index (κ1) is 19.5. The SMILES string of the molecule is CCOc1ccc(OCC)c(NC(=O)CCc2cnn(-c3ccccc3)c2)c1. The molecule has 3 rings (SSSR count). The van der Waals surface area contributed by atoms with E-state index >= 15 is 0 Å². The van der Waals surface area contributed by atoms with Gasteiger partial charge in [0.25, 0.3) is 0 Å². The number of amides is 1. The molecule has 6 nitrogen and oxygen atoms in total. The van der Waals surface area contributed by atoms with Crippen LogP contribution in [0.25, 0.3) is 5.69 Å². The number of nitrogens with one attached hydrogen (secondary N) is 1. The lowest BCUT2D eigenvalue weighted by molar-refractivity contribution is -0.116. The highest BCUT2D eigenvalue weighted by Gasteiger charge is 2.11. The zero-order valence-corrected chi connectivity index (χ0v) is 16.2. The summed E-state index contributed by atoms with van der Waals surface area (Å²) in [6.45, 7) is 4.92. The largest absolute Gasteiger partial charge is 0.494 e. The predicted molar refractivity (Wildman–Crippen MR) is 109 cm³/mol. The Morgan fingerprint density at radius 3 is 2.61 bits per heavy atom. The lowest BCUT2D eigenvalue weighted by Crippen LogP contribution is -2.13. The molecule has 146 valence electrons. The van der Waals surface area contributed by atoms with Crippen molar-refractivity contribution in [2.24, 2.45) is 0 Å². The number of hydrogen-bond acceptors (Lipinski definition) is 4. The van der Waals surface area contributed by atoms with Crippen molar-refractivity contribution in [1.29, 1.82) is 0 Å². The molecule has 28 heavy (non-hydrogen) atoms. The highest BCUT2D eigenvalue weighted by atomic mass is 16.5. The Morgan fingerprint density at radius 1 is 1.07 bits per heavy atom. The fourth-order valence-electron chi connectivity index (χ4n) is 2.83. The third-order valence-corrected chi connectivity index (χ3v) is 4.13. The molecule has 0 atom stereocenters. The average molecular weight is 379 g/mol. The van der Waals surface area contributed by atoms with Gasteiger partial charge in [0.15, 0.2) is 0 Å². The summed E-state index contributed by atoms with van der Waals surface area (Å²) in [7, 11) is 0. The van der Waals surface area contributed by atoms with Gasteiger partial charge < -0.3 is 14.8 Å². The molecular formula is C22H25N3O3. The summed E-state index contributed by atoms with van der Waals surface area (Å²) in [4.78, 5) is 12.5. The minimum Gasteiger partial charge on any atom is -0.494 e. The summed E-state index contributed by atoms with van der Waals surface area (Å²) in [6.07, 6.45) is 4.70. The monoisotopic (exact) mass is 379 g/mol. The number of nitrogens with zero attached hydrogens (tertiary/aromatic N) is 2. The second-order valence-corrected chi connectivity index (χ2v) is 6.20. The van der Waals surface area contributed by atoms with Gasteiger partial charge in [0, 0.05) is 18.7 Å². The van der Waals surface area contributed by atoms with Crippen LogP contribution < -0.4 is 14.8 Å². The van der Waals surface area contributed by atoms with Gasteiger partial charge in [0.05, 0.1) is 30.8 Å². The number of para-hydroxylation sites is 1. The van der Waals surface area contributed by atoms with Crippen molar-refractivity contribution in [2.45, 2.75) is 26.7 Å². The van der Waals surface area contributed by atoms with Gasteiger partial charge in [-0.05, 0) is 50.1 Å². The standard InChI is InChI=1S/C22H25N3O3/c1-3-27-19-11-12-21(28-4-2)20(14-19)24-22(26)13-10-17-15-23-25(16-17)18-8-6-5-7-9-18/h5-9,11-12,14-16H,3-4,10,13H2,1-2H3,(H,24,26).